The van der Waals surface area contributed by atoms with Gasteiger partial charge in [0.1, 0.15) is 16.7 Å². The quantitative estimate of drug-likeness (QED) is 0.113. The van der Waals surface area contributed by atoms with Crippen molar-refractivity contribution in [2.75, 3.05) is 0 Å². The van der Waals surface area contributed by atoms with Gasteiger partial charge in [-0.1, -0.05) is 190 Å². The van der Waals surface area contributed by atoms with Gasteiger partial charge in [-0.2, -0.15) is 0 Å². The van der Waals surface area contributed by atoms with Gasteiger partial charge in [-0.05, 0) is 142 Å². The Balaban J connectivity index is 0.000000147. The molecular weight excluding hydrogens is 1180 g/mol. The molecule has 12 aromatic rings. The van der Waals surface area contributed by atoms with Gasteiger partial charge in [0.15, 0.2) is 0 Å². The van der Waals surface area contributed by atoms with Crippen molar-refractivity contribution in [2.45, 2.75) is 157 Å². The maximum absolute atomic E-state index is 6.31. The summed E-state index contributed by atoms with van der Waals surface area (Å²) in [5.41, 5.74) is 19.0. The number of aryl methyl sites for hydroxylation is 3. The first kappa shape index (κ1) is 59.4. The third-order valence-electron chi connectivity index (χ3n) is 15.6. The topological polar surface area (TPSA) is 78.1 Å². The molecule has 420 valence electrons. The van der Waals surface area contributed by atoms with Gasteiger partial charge in [0.05, 0.1) is 16.7 Å². The third kappa shape index (κ3) is 13.0. The molecule has 0 aliphatic carbocycles. The molecule has 0 saturated heterocycles. The molecule has 6 aromatic heterocycles. The number of hydrogen-bond donors (Lipinski definition) is 0. The summed E-state index contributed by atoms with van der Waals surface area (Å²) in [6.45, 7) is 26.6. The van der Waals surface area contributed by atoms with E-state index in [-0.39, 0.29) is 36.4 Å². The Kier molecular flexibility index (Phi) is 18.2. The van der Waals surface area contributed by atoms with Crippen molar-refractivity contribution in [3.05, 3.63) is 198 Å². The molecule has 0 spiro atoms. The molecule has 82 heavy (non-hydrogen) atoms. The predicted octanol–water partition coefficient (Wildman–Crippen LogP) is 21.3. The number of hydrogen-bond acceptors (Lipinski definition) is 6. The first-order valence-electron chi connectivity index (χ1n) is 29.4. The summed E-state index contributed by atoms with van der Waals surface area (Å²) in [6, 6.07) is 54.8. The Morgan fingerprint density at radius 1 is 0.354 bits per heavy atom. The first-order valence-corrected chi connectivity index (χ1v) is 29.4. The molecule has 0 aliphatic rings. The molecule has 0 radical (unpaired) electrons. The molecule has 6 heterocycles. The van der Waals surface area contributed by atoms with Crippen LogP contribution < -0.4 is 0 Å². The van der Waals surface area contributed by atoms with Gasteiger partial charge in [-0.25, -0.2) is 0 Å². The predicted molar refractivity (Wildman–Crippen MR) is 339 cm³/mol. The molecule has 0 saturated carbocycles. The Labute approximate surface area is 499 Å². The van der Waals surface area contributed by atoms with Gasteiger partial charge >= 0.3 is 20.1 Å². The molecule has 0 unspecified atom stereocenters. The minimum atomic E-state index is 0. The van der Waals surface area contributed by atoms with Gasteiger partial charge in [0, 0.05) is 34.7 Å². The molecule has 6 nitrogen and oxygen atoms in total. The van der Waals surface area contributed by atoms with E-state index >= 15 is 0 Å². The molecule has 0 N–H and O–H groups in total. The van der Waals surface area contributed by atoms with Crippen LogP contribution in [0.2, 0.25) is 0 Å². The van der Waals surface area contributed by atoms with Crippen LogP contribution in [0.4, 0.5) is 0 Å². The summed E-state index contributed by atoms with van der Waals surface area (Å²) in [5, 5.41) is 6.86. The number of aromatic nitrogens is 3. The van der Waals surface area contributed by atoms with Gasteiger partial charge in [0.25, 0.3) is 0 Å². The molecule has 6 aromatic carbocycles. The summed E-state index contributed by atoms with van der Waals surface area (Å²) in [4.78, 5) is 13.8. The van der Waals surface area contributed by atoms with Gasteiger partial charge < -0.3 is 28.2 Å². The Hall–Kier alpha value is -7.18. The Bertz CT molecular complexity index is 3730. The molecule has 0 bridgehead atoms. The molecule has 0 fully saturated rings. The van der Waals surface area contributed by atoms with Crippen LogP contribution in [0.25, 0.3) is 99.6 Å². The van der Waals surface area contributed by atoms with Crippen molar-refractivity contribution in [1.29, 1.82) is 0 Å². The zero-order chi connectivity index (χ0) is 57.1. The molecule has 0 atom stereocenters. The van der Waals surface area contributed by atoms with E-state index in [0.717, 1.165) is 119 Å². The van der Waals surface area contributed by atoms with Crippen LogP contribution in [0.5, 0.6) is 0 Å². The summed E-state index contributed by atoms with van der Waals surface area (Å²) in [5.74, 6) is 0. The van der Waals surface area contributed by atoms with Crippen LogP contribution in [0.1, 0.15) is 155 Å². The molecule has 0 amide bonds. The SMILES string of the molecule is CCCCc1ccc2c(c1)oc1c(-c3cc(C(C)(C)C)ccn3)[c-]ccc12.CCCCc1ccc2c(c1)oc1c(-c3cc(C(C)(C)C)ccn3)[c-]ccc12.CCCCc1ccc2c(c1)oc1c(-c3cc(C(C)(C)C)ccn3)[c-]ccc12.[Ir+3]. The minimum absolute atomic E-state index is 0. The van der Waals surface area contributed by atoms with Gasteiger partial charge in [-0.15, -0.1) is 54.6 Å². The largest absolute Gasteiger partial charge is 3.00 e. The minimum Gasteiger partial charge on any atom is -0.501 e. The van der Waals surface area contributed by atoms with Crippen molar-refractivity contribution in [1.82, 2.24) is 15.0 Å². The fraction of sp³-hybridized carbons (Fsp3) is 0.320. The van der Waals surface area contributed by atoms with Crippen LogP contribution in [-0.2, 0) is 55.6 Å². The number of rotatable bonds is 12. The second kappa shape index (κ2) is 25.1. The van der Waals surface area contributed by atoms with Crippen molar-refractivity contribution < 1.29 is 33.4 Å². The summed E-state index contributed by atoms with van der Waals surface area (Å²) >= 11 is 0. The van der Waals surface area contributed by atoms with E-state index in [1.165, 1.54) is 71.9 Å². The van der Waals surface area contributed by atoms with Gasteiger partial charge in [0.2, 0.25) is 0 Å². The number of furan rings is 3. The van der Waals surface area contributed by atoms with Crippen LogP contribution in [0.15, 0.2) is 159 Å². The van der Waals surface area contributed by atoms with Crippen molar-refractivity contribution in [3.8, 4) is 33.8 Å². The van der Waals surface area contributed by atoms with Crippen LogP contribution >= 0.6 is 0 Å². The summed E-state index contributed by atoms with van der Waals surface area (Å²) < 4.78 is 18.9. The molecule has 12 rings (SSSR count). The number of benzene rings is 6. The van der Waals surface area contributed by atoms with Crippen molar-refractivity contribution >= 4 is 65.8 Å². The number of nitrogens with zero attached hydrogens (tertiary/aromatic N) is 3. The zero-order valence-electron chi connectivity index (χ0n) is 50.1. The average Bonchev–Trinajstić information content (AvgIpc) is 4.38. The number of unbranched alkanes of at least 4 members (excludes halogenated alkanes) is 3. The van der Waals surface area contributed by atoms with E-state index in [0.29, 0.717) is 0 Å². The van der Waals surface area contributed by atoms with E-state index in [4.69, 9.17) is 13.3 Å². The van der Waals surface area contributed by atoms with Crippen molar-refractivity contribution in [2.24, 2.45) is 0 Å². The number of fused-ring (bicyclic) bond motifs is 9. The maximum Gasteiger partial charge on any atom is 3.00 e. The summed E-state index contributed by atoms with van der Waals surface area (Å²) in [7, 11) is 0. The van der Waals surface area contributed by atoms with E-state index in [9.17, 15) is 0 Å². The van der Waals surface area contributed by atoms with E-state index < -0.39 is 0 Å². The van der Waals surface area contributed by atoms with Gasteiger partial charge in [-0.3, -0.25) is 0 Å². The maximum atomic E-state index is 6.31. The normalized spacial score (nSPS) is 12.0. The van der Waals surface area contributed by atoms with E-state index in [2.05, 4.69) is 225 Å². The fourth-order valence-electron chi connectivity index (χ4n) is 10.6. The molecular formula is C75H78IrN3O3. The van der Waals surface area contributed by atoms with E-state index in [1.807, 2.05) is 36.8 Å². The smallest absolute Gasteiger partial charge is 0.501 e. The van der Waals surface area contributed by atoms with Crippen LogP contribution in [0, 0.1) is 18.2 Å². The average molecular weight is 1260 g/mol. The summed E-state index contributed by atoms with van der Waals surface area (Å²) in [6.07, 6.45) is 16.1. The number of pyridine rings is 3. The third-order valence-corrected chi connectivity index (χ3v) is 15.6. The van der Waals surface area contributed by atoms with Crippen molar-refractivity contribution in [3.63, 3.8) is 0 Å². The van der Waals surface area contributed by atoms with Crippen LogP contribution in [0.3, 0.4) is 0 Å². The Morgan fingerprint density at radius 2 is 0.634 bits per heavy atom. The second-order valence-corrected chi connectivity index (χ2v) is 24.9. The van der Waals surface area contributed by atoms with Crippen LogP contribution in [-0.4, -0.2) is 15.0 Å². The zero-order valence-corrected chi connectivity index (χ0v) is 52.5. The first-order chi connectivity index (χ1) is 38.9. The standard InChI is InChI=1S/3C25H26NO.Ir/c3*1-5-6-8-17-11-12-19-20-9-7-10-21(24(20)27-23(19)15-17)22-16-18(13-14-26-22)25(2,3)4;/h3*7,9,11-16H,5-6,8H2,1-4H3;/q3*-1;+3. The molecule has 7 heteroatoms. The molecule has 0 aliphatic heterocycles. The Morgan fingerprint density at radius 3 is 0.890 bits per heavy atom. The fourth-order valence-corrected chi connectivity index (χ4v) is 10.6. The monoisotopic (exact) mass is 1260 g/mol. The second-order valence-electron chi connectivity index (χ2n) is 24.9. The van der Waals surface area contributed by atoms with E-state index in [1.54, 1.807) is 0 Å².